The molecule has 2 unspecified atom stereocenters. The highest BCUT2D eigenvalue weighted by Crippen LogP contribution is 2.21. The Morgan fingerprint density at radius 2 is 1.63 bits per heavy atom. The second-order valence-corrected chi connectivity index (χ2v) is 8.30. The number of hydrogen-bond donors (Lipinski definition) is 1. The molecule has 2 atom stereocenters. The molecule has 0 fully saturated rings. The summed E-state index contributed by atoms with van der Waals surface area (Å²) >= 11 is 0. The number of allylic oxidation sites excluding steroid dienone is 3. The number of rotatable bonds is 6. The summed E-state index contributed by atoms with van der Waals surface area (Å²) in [5.41, 5.74) is 1.72. The van der Waals surface area contributed by atoms with E-state index < -0.39 is 22.0 Å². The highest BCUT2D eigenvalue weighted by Gasteiger charge is 2.15. The highest BCUT2D eigenvalue weighted by atomic mass is 32.2. The molecule has 4 nitrogen and oxygen atoms in total. The molecule has 2 aromatic rings. The molecule has 2 aromatic carbocycles. The molecular weight excluding hydrogens is 376 g/mol. The molecule has 0 radical (unpaired) electrons. The van der Waals surface area contributed by atoms with Gasteiger partial charge in [-0.25, -0.2) is 8.42 Å². The number of nitrogens with zero attached hydrogens (tertiary/aromatic N) is 1. The molecule has 1 aliphatic rings. The molecule has 0 saturated heterocycles. The van der Waals surface area contributed by atoms with Crippen LogP contribution in [-0.4, -0.2) is 19.8 Å². The van der Waals surface area contributed by atoms with E-state index in [4.69, 9.17) is 0 Å². The van der Waals surface area contributed by atoms with Crippen molar-refractivity contribution in [1.82, 2.24) is 4.31 Å². The van der Waals surface area contributed by atoms with Crippen LogP contribution in [0.25, 0.3) is 0 Å². The van der Waals surface area contributed by atoms with Crippen LogP contribution in [0.3, 0.4) is 0 Å². The van der Waals surface area contributed by atoms with Crippen molar-refractivity contribution >= 4 is 27.7 Å². The van der Waals surface area contributed by atoms with Crippen molar-refractivity contribution in [2.24, 2.45) is 0 Å². The van der Waals surface area contributed by atoms with Gasteiger partial charge >= 0.3 is 0 Å². The molecule has 0 amide bonds. The number of nitrogens with one attached hydrogen (secondary N) is 1. The molecule has 6 heteroatoms. The van der Waals surface area contributed by atoms with Crippen molar-refractivity contribution in [3.63, 3.8) is 0 Å². The van der Waals surface area contributed by atoms with E-state index in [0.29, 0.717) is 9.79 Å². The van der Waals surface area contributed by atoms with Crippen LogP contribution in [0.15, 0.2) is 88.3 Å². The predicted molar refractivity (Wildman–Crippen MR) is 115 cm³/mol. The topological polar surface area (TPSA) is 49.4 Å². The number of para-hydroxylation sites is 1. The van der Waals surface area contributed by atoms with Crippen molar-refractivity contribution in [3.8, 4) is 0 Å². The SMILES string of the molecule is CC.CN(C1=CCCC=C1)S(=O)c1cccc(S(=O)Nc2ccccc2)c1. The van der Waals surface area contributed by atoms with Gasteiger partial charge in [0.05, 0.1) is 9.79 Å². The predicted octanol–water partition coefficient (Wildman–Crippen LogP) is 5.04. The van der Waals surface area contributed by atoms with E-state index >= 15 is 0 Å². The van der Waals surface area contributed by atoms with Crippen molar-refractivity contribution < 1.29 is 8.42 Å². The zero-order valence-electron chi connectivity index (χ0n) is 15.9. The third-order valence-corrected chi connectivity index (χ3v) is 6.26. The first-order chi connectivity index (χ1) is 13.1. The van der Waals surface area contributed by atoms with Gasteiger partial charge in [-0.05, 0) is 49.2 Å². The first-order valence-electron chi connectivity index (χ1n) is 9.01. The van der Waals surface area contributed by atoms with Crippen LogP contribution < -0.4 is 4.72 Å². The fraction of sp³-hybridized carbons (Fsp3) is 0.238. The maximum absolute atomic E-state index is 12.8. The minimum absolute atomic E-state index is 0.594. The van der Waals surface area contributed by atoms with Crippen LogP contribution in [-0.2, 0) is 22.0 Å². The van der Waals surface area contributed by atoms with Gasteiger partial charge in [0.15, 0.2) is 11.0 Å². The highest BCUT2D eigenvalue weighted by molar-refractivity contribution is 7.86. The molecule has 27 heavy (non-hydrogen) atoms. The Morgan fingerprint density at radius 3 is 2.30 bits per heavy atom. The maximum atomic E-state index is 12.8. The molecule has 0 spiro atoms. The lowest BCUT2D eigenvalue weighted by molar-refractivity contribution is 0.610. The zero-order chi connectivity index (χ0) is 19.6. The molecular formula is C21H26N2O2S2. The number of hydrogen-bond acceptors (Lipinski definition) is 2. The lowest BCUT2D eigenvalue weighted by Crippen LogP contribution is -2.20. The summed E-state index contributed by atoms with van der Waals surface area (Å²) in [4.78, 5) is 1.22. The summed E-state index contributed by atoms with van der Waals surface area (Å²) in [7, 11) is -0.949. The van der Waals surface area contributed by atoms with Crippen molar-refractivity contribution in [2.75, 3.05) is 11.8 Å². The average Bonchev–Trinajstić information content (AvgIpc) is 2.75. The van der Waals surface area contributed by atoms with Crippen LogP contribution in [0, 0.1) is 0 Å². The first kappa shape index (κ1) is 21.1. The molecule has 3 rings (SSSR count). The van der Waals surface area contributed by atoms with E-state index in [9.17, 15) is 8.42 Å². The van der Waals surface area contributed by atoms with E-state index in [2.05, 4.69) is 16.9 Å². The Kier molecular flexibility index (Phi) is 8.48. The Bertz CT molecular complexity index is 848. The Hall–Kier alpha value is -2.18. The summed E-state index contributed by atoms with van der Waals surface area (Å²) in [6, 6.07) is 16.5. The molecule has 0 aliphatic heterocycles. The molecule has 1 aliphatic carbocycles. The summed E-state index contributed by atoms with van der Waals surface area (Å²) < 4.78 is 30.0. The Morgan fingerprint density at radius 1 is 0.926 bits per heavy atom. The van der Waals surface area contributed by atoms with E-state index in [1.54, 1.807) is 28.6 Å². The van der Waals surface area contributed by atoms with Gasteiger partial charge in [0.1, 0.15) is 11.0 Å². The van der Waals surface area contributed by atoms with Gasteiger partial charge in [0.25, 0.3) is 0 Å². The standard InChI is InChI=1S/C19H20N2O2S2.C2H6/c1-21(17-11-6-3-7-12-17)25(23)19-14-8-13-18(15-19)24(22)20-16-9-4-2-5-10-16;1-2/h2,4-6,8-15,20H,3,7H2,1H3;1-2H3. The van der Waals surface area contributed by atoms with E-state index in [1.165, 1.54) is 0 Å². The molecule has 0 saturated carbocycles. The summed E-state index contributed by atoms with van der Waals surface area (Å²) in [5, 5.41) is 0. The van der Waals surface area contributed by atoms with E-state index in [-0.39, 0.29) is 0 Å². The number of likely N-dealkylation sites (N-methyl/N-ethyl adjacent to an activating group) is 1. The van der Waals surface area contributed by atoms with Crippen molar-refractivity contribution in [1.29, 1.82) is 0 Å². The number of anilines is 1. The van der Waals surface area contributed by atoms with Crippen LogP contribution >= 0.6 is 0 Å². The third-order valence-electron chi connectivity index (χ3n) is 3.79. The molecule has 144 valence electrons. The van der Waals surface area contributed by atoms with Gasteiger partial charge in [0.2, 0.25) is 0 Å². The van der Waals surface area contributed by atoms with Gasteiger partial charge in [0, 0.05) is 18.4 Å². The molecule has 1 N–H and O–H groups in total. The fourth-order valence-electron chi connectivity index (χ4n) is 2.46. The van der Waals surface area contributed by atoms with E-state index in [1.807, 2.05) is 57.3 Å². The smallest absolute Gasteiger partial charge is 0.152 e. The van der Waals surface area contributed by atoms with Gasteiger partial charge in [-0.3, -0.25) is 4.31 Å². The zero-order valence-corrected chi connectivity index (χ0v) is 17.6. The second-order valence-electron chi connectivity index (χ2n) is 5.57. The molecule has 0 heterocycles. The number of benzene rings is 2. The third kappa shape index (κ3) is 5.91. The first-order valence-corrected chi connectivity index (χ1v) is 11.3. The normalized spacial score (nSPS) is 15.0. The summed E-state index contributed by atoms with van der Waals surface area (Å²) in [6.07, 6.45) is 8.12. The van der Waals surface area contributed by atoms with Crippen molar-refractivity contribution in [3.05, 3.63) is 78.5 Å². The van der Waals surface area contributed by atoms with Gasteiger partial charge < -0.3 is 4.72 Å². The van der Waals surface area contributed by atoms with Gasteiger partial charge in [-0.1, -0.05) is 50.3 Å². The Balaban J connectivity index is 0.00000126. The largest absolute Gasteiger partial charge is 0.301 e. The molecule has 0 aromatic heterocycles. The molecule has 0 bridgehead atoms. The van der Waals surface area contributed by atoms with Crippen LogP contribution in [0.4, 0.5) is 5.69 Å². The fourth-order valence-corrected chi connectivity index (χ4v) is 4.50. The van der Waals surface area contributed by atoms with Crippen molar-refractivity contribution in [2.45, 2.75) is 36.5 Å². The van der Waals surface area contributed by atoms with E-state index in [0.717, 1.165) is 24.2 Å². The van der Waals surface area contributed by atoms with Crippen LogP contribution in [0.1, 0.15) is 26.7 Å². The minimum atomic E-state index is -1.41. The lowest BCUT2D eigenvalue weighted by Gasteiger charge is -2.21. The monoisotopic (exact) mass is 402 g/mol. The van der Waals surface area contributed by atoms with Gasteiger partial charge in [-0.2, -0.15) is 0 Å². The quantitative estimate of drug-likeness (QED) is 0.736. The van der Waals surface area contributed by atoms with Gasteiger partial charge in [-0.15, -0.1) is 0 Å². The minimum Gasteiger partial charge on any atom is -0.301 e. The van der Waals surface area contributed by atoms with Crippen LogP contribution in [0.5, 0.6) is 0 Å². The average molecular weight is 403 g/mol. The second kappa shape index (κ2) is 10.8. The summed E-state index contributed by atoms with van der Waals surface area (Å²) in [6.45, 7) is 4.00. The maximum Gasteiger partial charge on any atom is 0.152 e. The summed E-state index contributed by atoms with van der Waals surface area (Å²) in [5.74, 6) is 0. The lowest BCUT2D eigenvalue weighted by atomic mass is 10.1. The van der Waals surface area contributed by atoms with Crippen LogP contribution in [0.2, 0.25) is 0 Å². The Labute approximate surface area is 167 Å².